The van der Waals surface area contributed by atoms with Crippen LogP contribution >= 0.6 is 11.6 Å². The Bertz CT molecular complexity index is 795. The zero-order chi connectivity index (χ0) is 15.5. The molecule has 22 heavy (non-hydrogen) atoms. The van der Waals surface area contributed by atoms with Gasteiger partial charge in [0.15, 0.2) is 0 Å². The van der Waals surface area contributed by atoms with Crippen molar-refractivity contribution in [2.45, 2.75) is 19.4 Å². The number of amides is 1. The van der Waals surface area contributed by atoms with Crippen molar-refractivity contribution in [2.24, 2.45) is 0 Å². The van der Waals surface area contributed by atoms with Crippen molar-refractivity contribution >= 4 is 28.4 Å². The Balaban J connectivity index is 1.71. The van der Waals surface area contributed by atoms with Crippen LogP contribution < -0.4 is 5.32 Å². The number of H-pyrrole nitrogens is 1. The average molecular weight is 313 g/mol. The van der Waals surface area contributed by atoms with Gasteiger partial charge in [-0.3, -0.25) is 4.79 Å². The van der Waals surface area contributed by atoms with Gasteiger partial charge < -0.3 is 10.3 Å². The molecule has 112 valence electrons. The van der Waals surface area contributed by atoms with Gasteiger partial charge in [-0.05, 0) is 30.2 Å². The second-order valence-electron chi connectivity index (χ2n) is 5.38. The second kappa shape index (κ2) is 6.24. The van der Waals surface area contributed by atoms with Crippen LogP contribution in [0.15, 0.2) is 54.7 Å². The van der Waals surface area contributed by atoms with Crippen molar-refractivity contribution < 1.29 is 4.79 Å². The molecule has 1 aromatic heterocycles. The number of rotatable bonds is 4. The maximum Gasteiger partial charge on any atom is 0.224 e. The van der Waals surface area contributed by atoms with Gasteiger partial charge in [0, 0.05) is 22.1 Å². The molecular weight excluding hydrogens is 296 g/mol. The number of carbonyl (C=O) groups excluding carboxylic acids is 1. The molecule has 0 aliphatic carbocycles. The van der Waals surface area contributed by atoms with Gasteiger partial charge in [0.25, 0.3) is 0 Å². The van der Waals surface area contributed by atoms with E-state index in [1.54, 1.807) is 0 Å². The Morgan fingerprint density at radius 1 is 1.23 bits per heavy atom. The van der Waals surface area contributed by atoms with Crippen molar-refractivity contribution in [3.05, 3.63) is 70.9 Å². The summed E-state index contributed by atoms with van der Waals surface area (Å²) in [5.41, 5.74) is 3.03. The Labute approximate surface area is 134 Å². The predicted molar refractivity (Wildman–Crippen MR) is 90.0 cm³/mol. The van der Waals surface area contributed by atoms with E-state index >= 15 is 0 Å². The van der Waals surface area contributed by atoms with E-state index in [2.05, 4.69) is 10.3 Å². The molecule has 1 heterocycles. The quantitative estimate of drug-likeness (QED) is 0.743. The van der Waals surface area contributed by atoms with E-state index in [1.807, 2.05) is 61.7 Å². The fourth-order valence-electron chi connectivity index (χ4n) is 2.60. The number of aromatic amines is 1. The second-order valence-corrected chi connectivity index (χ2v) is 5.82. The van der Waals surface area contributed by atoms with Gasteiger partial charge in [-0.25, -0.2) is 0 Å². The third-order valence-electron chi connectivity index (χ3n) is 3.76. The van der Waals surface area contributed by atoms with Gasteiger partial charge in [-0.15, -0.1) is 0 Å². The molecule has 0 fully saturated rings. The number of aromatic nitrogens is 1. The summed E-state index contributed by atoms with van der Waals surface area (Å²) in [5, 5.41) is 4.75. The zero-order valence-electron chi connectivity index (χ0n) is 12.3. The van der Waals surface area contributed by atoms with Crippen molar-refractivity contribution in [2.75, 3.05) is 0 Å². The Morgan fingerprint density at radius 2 is 2.00 bits per heavy atom. The van der Waals surface area contributed by atoms with Crippen LogP contribution in [0.5, 0.6) is 0 Å². The fraction of sp³-hybridized carbons (Fsp3) is 0.167. The van der Waals surface area contributed by atoms with E-state index in [1.165, 1.54) is 0 Å². The lowest BCUT2D eigenvalue weighted by molar-refractivity contribution is -0.121. The van der Waals surface area contributed by atoms with Crippen LogP contribution in [0, 0.1) is 0 Å². The Hall–Kier alpha value is -2.26. The molecule has 2 aromatic carbocycles. The Morgan fingerprint density at radius 3 is 2.77 bits per heavy atom. The van der Waals surface area contributed by atoms with Crippen LogP contribution in [0.2, 0.25) is 5.02 Å². The molecule has 0 aliphatic rings. The smallest absolute Gasteiger partial charge is 0.224 e. The van der Waals surface area contributed by atoms with E-state index in [0.29, 0.717) is 11.4 Å². The van der Waals surface area contributed by atoms with E-state index in [4.69, 9.17) is 11.6 Å². The van der Waals surface area contributed by atoms with Crippen LogP contribution in [-0.2, 0) is 11.2 Å². The van der Waals surface area contributed by atoms with E-state index in [0.717, 1.165) is 22.0 Å². The van der Waals surface area contributed by atoms with Crippen molar-refractivity contribution in [3.8, 4) is 0 Å². The molecule has 3 aromatic rings. The highest BCUT2D eigenvalue weighted by Gasteiger charge is 2.12. The van der Waals surface area contributed by atoms with Gasteiger partial charge in [0.05, 0.1) is 12.5 Å². The van der Waals surface area contributed by atoms with Gasteiger partial charge >= 0.3 is 0 Å². The molecule has 4 heteroatoms. The lowest BCUT2D eigenvalue weighted by Gasteiger charge is -2.14. The first-order valence-electron chi connectivity index (χ1n) is 7.23. The van der Waals surface area contributed by atoms with E-state index in [-0.39, 0.29) is 11.9 Å². The Kier molecular flexibility index (Phi) is 4.16. The molecule has 1 unspecified atom stereocenters. The van der Waals surface area contributed by atoms with Gasteiger partial charge in [0.1, 0.15) is 0 Å². The predicted octanol–water partition coefficient (Wildman–Crippen LogP) is 4.24. The summed E-state index contributed by atoms with van der Waals surface area (Å²) in [7, 11) is 0. The first-order valence-corrected chi connectivity index (χ1v) is 7.61. The normalized spacial score (nSPS) is 12.3. The summed E-state index contributed by atoms with van der Waals surface area (Å²) < 4.78 is 0. The standard InChI is InChI=1S/C18H17ClN2O/c1-12(13-5-3-2-4-6-13)21-18(22)9-14-11-20-17-10-15(19)7-8-16(14)17/h2-8,10-12,20H,9H2,1H3,(H,21,22). The summed E-state index contributed by atoms with van der Waals surface area (Å²) in [5.74, 6) is 0.00667. The molecule has 0 radical (unpaired) electrons. The molecule has 3 rings (SSSR count). The topological polar surface area (TPSA) is 44.9 Å². The molecule has 1 atom stereocenters. The number of hydrogen-bond donors (Lipinski definition) is 2. The lowest BCUT2D eigenvalue weighted by atomic mass is 10.1. The SMILES string of the molecule is CC(NC(=O)Cc1c[nH]c2cc(Cl)ccc12)c1ccccc1. The molecule has 0 aliphatic heterocycles. The molecule has 0 bridgehead atoms. The third-order valence-corrected chi connectivity index (χ3v) is 3.99. The number of fused-ring (bicyclic) bond motifs is 1. The largest absolute Gasteiger partial charge is 0.361 e. The van der Waals surface area contributed by atoms with E-state index in [9.17, 15) is 4.79 Å². The molecule has 0 saturated heterocycles. The number of halogens is 1. The van der Waals surface area contributed by atoms with Crippen molar-refractivity contribution in [3.63, 3.8) is 0 Å². The van der Waals surface area contributed by atoms with Crippen LogP contribution in [0.3, 0.4) is 0 Å². The summed E-state index contributed by atoms with van der Waals surface area (Å²) in [6.07, 6.45) is 2.21. The fourth-order valence-corrected chi connectivity index (χ4v) is 2.77. The molecule has 3 nitrogen and oxygen atoms in total. The first-order chi connectivity index (χ1) is 10.6. The maximum atomic E-state index is 12.3. The lowest BCUT2D eigenvalue weighted by Crippen LogP contribution is -2.28. The van der Waals surface area contributed by atoms with Crippen LogP contribution in [-0.4, -0.2) is 10.9 Å². The number of benzene rings is 2. The summed E-state index contributed by atoms with van der Waals surface area (Å²) in [6, 6.07) is 15.6. The number of hydrogen-bond acceptors (Lipinski definition) is 1. The van der Waals surface area contributed by atoms with E-state index < -0.39 is 0 Å². The van der Waals surface area contributed by atoms with Gasteiger partial charge in [-0.1, -0.05) is 48.0 Å². The van der Waals surface area contributed by atoms with Gasteiger partial charge in [0.2, 0.25) is 5.91 Å². The number of nitrogens with one attached hydrogen (secondary N) is 2. The van der Waals surface area contributed by atoms with Crippen LogP contribution in [0.25, 0.3) is 10.9 Å². The minimum Gasteiger partial charge on any atom is -0.361 e. The molecule has 0 spiro atoms. The highest BCUT2D eigenvalue weighted by molar-refractivity contribution is 6.31. The monoisotopic (exact) mass is 312 g/mol. The highest BCUT2D eigenvalue weighted by Crippen LogP contribution is 2.22. The molecule has 0 saturated carbocycles. The summed E-state index contributed by atoms with van der Waals surface area (Å²) >= 11 is 5.97. The zero-order valence-corrected chi connectivity index (χ0v) is 13.0. The third kappa shape index (κ3) is 3.15. The van der Waals surface area contributed by atoms with Crippen LogP contribution in [0.4, 0.5) is 0 Å². The summed E-state index contributed by atoms with van der Waals surface area (Å²) in [6.45, 7) is 1.99. The highest BCUT2D eigenvalue weighted by atomic mass is 35.5. The average Bonchev–Trinajstić information content (AvgIpc) is 2.90. The molecular formula is C18H17ClN2O. The van der Waals surface area contributed by atoms with Crippen molar-refractivity contribution in [1.29, 1.82) is 0 Å². The van der Waals surface area contributed by atoms with Gasteiger partial charge in [-0.2, -0.15) is 0 Å². The molecule has 2 N–H and O–H groups in total. The van der Waals surface area contributed by atoms with Crippen molar-refractivity contribution in [1.82, 2.24) is 10.3 Å². The summed E-state index contributed by atoms with van der Waals surface area (Å²) in [4.78, 5) is 15.4. The minimum atomic E-state index is -0.00616. The first kappa shape index (κ1) is 14.7. The number of carbonyl (C=O) groups is 1. The maximum absolute atomic E-state index is 12.3. The minimum absolute atomic E-state index is 0.00616. The van der Waals surface area contributed by atoms with Crippen LogP contribution in [0.1, 0.15) is 24.1 Å². The molecule has 1 amide bonds.